The first-order valence-corrected chi connectivity index (χ1v) is 9.42. The van der Waals surface area contributed by atoms with E-state index >= 15 is 0 Å². The van der Waals surface area contributed by atoms with Gasteiger partial charge in [-0.3, -0.25) is 10.2 Å². The fraction of sp³-hybridized carbons (Fsp3) is 0.190. The van der Waals surface area contributed by atoms with Crippen molar-refractivity contribution >= 4 is 23.5 Å². The molecule has 1 N–H and O–H groups in total. The molecule has 0 spiro atoms. The summed E-state index contributed by atoms with van der Waals surface area (Å²) in [4.78, 5) is 12.5. The van der Waals surface area contributed by atoms with Crippen LogP contribution >= 0.6 is 11.6 Å². The minimum Gasteiger partial charge on any atom is -0.494 e. The van der Waals surface area contributed by atoms with E-state index in [0.717, 1.165) is 24.2 Å². The van der Waals surface area contributed by atoms with Gasteiger partial charge in [-0.1, -0.05) is 55.3 Å². The first-order chi connectivity index (χ1) is 13.7. The van der Waals surface area contributed by atoms with Crippen molar-refractivity contribution in [1.29, 1.82) is 0 Å². The largest absolute Gasteiger partial charge is 0.494 e. The number of rotatable bonds is 8. The van der Waals surface area contributed by atoms with Crippen LogP contribution in [-0.2, 0) is 0 Å². The van der Waals surface area contributed by atoms with Crippen LogP contribution in [0.5, 0.6) is 5.75 Å². The molecule has 0 bridgehead atoms. The Balaban J connectivity index is 1.70. The van der Waals surface area contributed by atoms with Gasteiger partial charge in [0.25, 0.3) is 5.56 Å². The van der Waals surface area contributed by atoms with E-state index in [1.54, 1.807) is 18.3 Å². The zero-order chi connectivity index (χ0) is 19.8. The van der Waals surface area contributed by atoms with Crippen molar-refractivity contribution in [3.05, 3.63) is 81.7 Å². The SMILES string of the molecule is CCCCOc1cccc(/C=N/Nc2cnn(-c3ccccc3)c(=O)c2Cl)c1. The van der Waals surface area contributed by atoms with Crippen molar-refractivity contribution in [2.75, 3.05) is 12.0 Å². The Bertz CT molecular complexity index is 1000. The Morgan fingerprint density at radius 2 is 2.04 bits per heavy atom. The zero-order valence-corrected chi connectivity index (χ0v) is 16.3. The van der Waals surface area contributed by atoms with Gasteiger partial charge in [0.1, 0.15) is 16.5 Å². The summed E-state index contributed by atoms with van der Waals surface area (Å²) in [5.74, 6) is 0.794. The highest BCUT2D eigenvalue weighted by atomic mass is 35.5. The molecule has 6 nitrogen and oxygen atoms in total. The minimum atomic E-state index is -0.417. The average Bonchev–Trinajstić information content (AvgIpc) is 2.72. The molecular formula is C21H21ClN4O2. The van der Waals surface area contributed by atoms with E-state index in [1.165, 1.54) is 10.9 Å². The molecule has 1 heterocycles. The molecule has 144 valence electrons. The molecule has 0 saturated carbocycles. The minimum absolute atomic E-state index is 0.0210. The normalized spacial score (nSPS) is 10.9. The van der Waals surface area contributed by atoms with E-state index in [2.05, 4.69) is 22.5 Å². The molecule has 0 aliphatic heterocycles. The predicted molar refractivity (Wildman–Crippen MR) is 113 cm³/mol. The molecule has 1 aromatic heterocycles. The van der Waals surface area contributed by atoms with E-state index in [4.69, 9.17) is 16.3 Å². The van der Waals surface area contributed by atoms with Crippen LogP contribution in [0.15, 0.2) is 70.7 Å². The molecule has 0 atom stereocenters. The van der Waals surface area contributed by atoms with Crippen LogP contribution in [0.3, 0.4) is 0 Å². The molecule has 0 amide bonds. The van der Waals surface area contributed by atoms with E-state index in [0.29, 0.717) is 18.0 Å². The summed E-state index contributed by atoms with van der Waals surface area (Å²) in [5.41, 5.74) is 4.20. The van der Waals surface area contributed by atoms with Gasteiger partial charge in [0, 0.05) is 0 Å². The third kappa shape index (κ3) is 4.98. The lowest BCUT2D eigenvalue weighted by atomic mass is 10.2. The monoisotopic (exact) mass is 396 g/mol. The summed E-state index contributed by atoms with van der Waals surface area (Å²) >= 11 is 6.20. The fourth-order valence-electron chi connectivity index (χ4n) is 2.46. The maximum absolute atomic E-state index is 12.5. The number of hydrogen-bond donors (Lipinski definition) is 1. The molecule has 0 saturated heterocycles. The van der Waals surface area contributed by atoms with Crippen LogP contribution in [0, 0.1) is 0 Å². The Morgan fingerprint density at radius 1 is 1.21 bits per heavy atom. The third-order valence-electron chi connectivity index (χ3n) is 3.94. The molecular weight excluding hydrogens is 376 g/mol. The molecule has 2 aromatic carbocycles. The lowest BCUT2D eigenvalue weighted by Crippen LogP contribution is -2.22. The Hall–Kier alpha value is -3.12. The quantitative estimate of drug-likeness (QED) is 0.345. The van der Waals surface area contributed by atoms with Gasteiger partial charge >= 0.3 is 0 Å². The van der Waals surface area contributed by atoms with E-state index < -0.39 is 5.56 Å². The summed E-state index contributed by atoms with van der Waals surface area (Å²) in [6.45, 7) is 2.81. The number of hydrazone groups is 1. The number of nitrogens with one attached hydrogen (secondary N) is 1. The maximum Gasteiger partial charge on any atom is 0.292 e. The summed E-state index contributed by atoms with van der Waals surface area (Å²) < 4.78 is 6.93. The number of hydrogen-bond acceptors (Lipinski definition) is 5. The molecule has 7 heteroatoms. The molecule has 0 radical (unpaired) electrons. The molecule has 0 aliphatic carbocycles. The molecule has 0 aliphatic rings. The van der Waals surface area contributed by atoms with Crippen molar-refractivity contribution in [2.24, 2.45) is 5.10 Å². The molecule has 3 aromatic rings. The smallest absolute Gasteiger partial charge is 0.292 e. The number of ether oxygens (including phenoxy) is 1. The number of aromatic nitrogens is 2. The van der Waals surface area contributed by atoms with Gasteiger partial charge in [-0.15, -0.1) is 0 Å². The van der Waals surface area contributed by atoms with Crippen molar-refractivity contribution < 1.29 is 4.74 Å². The van der Waals surface area contributed by atoms with Crippen LogP contribution < -0.4 is 15.7 Å². The topological polar surface area (TPSA) is 68.5 Å². The number of para-hydroxylation sites is 1. The second kappa shape index (κ2) is 9.71. The van der Waals surface area contributed by atoms with Gasteiger partial charge < -0.3 is 4.74 Å². The summed E-state index contributed by atoms with van der Waals surface area (Å²) in [6.07, 6.45) is 5.20. The van der Waals surface area contributed by atoms with Gasteiger partial charge in [0.2, 0.25) is 0 Å². The van der Waals surface area contributed by atoms with E-state index in [1.807, 2.05) is 42.5 Å². The highest BCUT2D eigenvalue weighted by molar-refractivity contribution is 6.32. The van der Waals surface area contributed by atoms with Crippen molar-refractivity contribution in [1.82, 2.24) is 9.78 Å². The number of benzene rings is 2. The lowest BCUT2D eigenvalue weighted by molar-refractivity contribution is 0.309. The third-order valence-corrected chi connectivity index (χ3v) is 4.31. The molecule has 0 fully saturated rings. The Kier molecular flexibility index (Phi) is 6.81. The second-order valence-corrected chi connectivity index (χ2v) is 6.45. The Morgan fingerprint density at radius 3 is 2.82 bits per heavy atom. The summed E-state index contributed by atoms with van der Waals surface area (Å²) in [5, 5.41) is 8.33. The first kappa shape index (κ1) is 19.6. The van der Waals surface area contributed by atoms with Crippen LogP contribution in [0.25, 0.3) is 5.69 Å². The van der Waals surface area contributed by atoms with Gasteiger partial charge in [0.05, 0.1) is 24.7 Å². The zero-order valence-electron chi connectivity index (χ0n) is 15.5. The van der Waals surface area contributed by atoms with Crippen LogP contribution in [0.2, 0.25) is 5.02 Å². The molecule has 28 heavy (non-hydrogen) atoms. The number of unbranched alkanes of at least 4 members (excludes halogenated alkanes) is 1. The molecule has 3 rings (SSSR count). The van der Waals surface area contributed by atoms with Crippen LogP contribution in [0.1, 0.15) is 25.3 Å². The highest BCUT2D eigenvalue weighted by Gasteiger charge is 2.09. The van der Waals surface area contributed by atoms with Gasteiger partial charge in [-0.2, -0.15) is 14.9 Å². The standard InChI is InChI=1S/C21H21ClN4O2/c1-2-3-12-28-18-11-7-8-16(13-18)14-23-25-19-15-24-26(21(27)20(19)22)17-9-5-4-6-10-17/h4-11,13-15,25H,2-3,12H2,1H3/b23-14+. The van der Waals surface area contributed by atoms with Crippen molar-refractivity contribution in [3.63, 3.8) is 0 Å². The summed E-state index contributed by atoms with van der Waals surface area (Å²) in [6, 6.07) is 16.7. The highest BCUT2D eigenvalue weighted by Crippen LogP contribution is 2.17. The maximum atomic E-state index is 12.5. The first-order valence-electron chi connectivity index (χ1n) is 9.04. The molecule has 0 unspecified atom stereocenters. The fourth-order valence-corrected chi connectivity index (χ4v) is 2.63. The van der Waals surface area contributed by atoms with E-state index in [-0.39, 0.29) is 5.02 Å². The lowest BCUT2D eigenvalue weighted by Gasteiger charge is -2.08. The number of anilines is 1. The van der Waals surface area contributed by atoms with Crippen molar-refractivity contribution in [2.45, 2.75) is 19.8 Å². The van der Waals surface area contributed by atoms with Gasteiger partial charge in [-0.25, -0.2) is 0 Å². The van der Waals surface area contributed by atoms with Gasteiger partial charge in [-0.05, 0) is 36.2 Å². The van der Waals surface area contributed by atoms with E-state index in [9.17, 15) is 4.79 Å². The van der Waals surface area contributed by atoms with Gasteiger partial charge in [0.15, 0.2) is 0 Å². The van der Waals surface area contributed by atoms with Crippen LogP contribution in [-0.4, -0.2) is 22.6 Å². The average molecular weight is 397 g/mol. The second-order valence-electron chi connectivity index (χ2n) is 6.07. The summed E-state index contributed by atoms with van der Waals surface area (Å²) in [7, 11) is 0. The van der Waals surface area contributed by atoms with Crippen molar-refractivity contribution in [3.8, 4) is 11.4 Å². The Labute approximate surface area is 168 Å². The predicted octanol–water partition coefficient (Wildman–Crippen LogP) is 4.51. The van der Waals surface area contributed by atoms with Crippen LogP contribution in [0.4, 0.5) is 5.69 Å². The number of halogens is 1. The number of nitrogens with zero attached hydrogens (tertiary/aromatic N) is 3.